The van der Waals surface area contributed by atoms with Crippen molar-refractivity contribution >= 4 is 18.6 Å². The highest BCUT2D eigenvalue weighted by molar-refractivity contribution is 7.80. The van der Waals surface area contributed by atoms with Gasteiger partial charge in [-0.2, -0.15) is 12.6 Å². The number of ether oxygens (including phenoxy) is 3. The van der Waals surface area contributed by atoms with Gasteiger partial charge in [0.25, 0.3) is 0 Å². The average Bonchev–Trinajstić information content (AvgIpc) is 2.11. The molecule has 0 heterocycles. The van der Waals surface area contributed by atoms with Crippen molar-refractivity contribution < 1.29 is 19.0 Å². The van der Waals surface area contributed by atoms with Gasteiger partial charge in [-0.25, -0.2) is 0 Å². The predicted molar refractivity (Wildman–Crippen MR) is 52.1 cm³/mol. The molecular formula is C8H16O4S. The molecule has 0 saturated heterocycles. The molecule has 0 aliphatic heterocycles. The van der Waals surface area contributed by atoms with Crippen LogP contribution < -0.4 is 0 Å². The highest BCUT2D eigenvalue weighted by Crippen LogP contribution is 1.89. The first kappa shape index (κ1) is 12.7. The second-order valence-electron chi connectivity index (χ2n) is 2.30. The smallest absolute Gasteiger partial charge is 0.306 e. The fourth-order valence-corrected chi connectivity index (χ4v) is 0.805. The zero-order valence-electron chi connectivity index (χ0n) is 7.82. The van der Waals surface area contributed by atoms with E-state index < -0.39 is 0 Å². The predicted octanol–water partition coefficient (Wildman–Crippen LogP) is 0.512. The Morgan fingerprint density at radius 2 is 1.92 bits per heavy atom. The molecule has 0 radical (unpaired) electrons. The summed E-state index contributed by atoms with van der Waals surface area (Å²) < 4.78 is 14.7. The molecule has 0 rings (SSSR count). The van der Waals surface area contributed by atoms with E-state index in [1.54, 1.807) is 7.11 Å². The third kappa shape index (κ3) is 9.66. The van der Waals surface area contributed by atoms with Crippen LogP contribution >= 0.6 is 12.6 Å². The molecule has 78 valence electrons. The van der Waals surface area contributed by atoms with Crippen LogP contribution in [0, 0.1) is 0 Å². The first-order valence-electron chi connectivity index (χ1n) is 4.14. The molecule has 0 aromatic heterocycles. The van der Waals surface area contributed by atoms with Crippen LogP contribution in [-0.2, 0) is 19.0 Å². The molecular weight excluding hydrogens is 192 g/mol. The Bertz CT molecular complexity index is 129. The molecule has 0 bridgehead atoms. The van der Waals surface area contributed by atoms with Gasteiger partial charge in [-0.3, -0.25) is 4.79 Å². The Morgan fingerprint density at radius 3 is 2.54 bits per heavy atom. The Kier molecular flexibility index (Phi) is 9.63. The van der Waals surface area contributed by atoms with E-state index in [2.05, 4.69) is 12.6 Å². The lowest BCUT2D eigenvalue weighted by Gasteiger charge is -2.04. The maximum absolute atomic E-state index is 10.8. The highest BCUT2D eigenvalue weighted by atomic mass is 32.1. The van der Waals surface area contributed by atoms with Crippen molar-refractivity contribution in [3.05, 3.63) is 0 Å². The van der Waals surface area contributed by atoms with E-state index in [-0.39, 0.29) is 5.97 Å². The van der Waals surface area contributed by atoms with E-state index in [9.17, 15) is 4.79 Å². The molecule has 0 spiro atoms. The summed E-state index contributed by atoms with van der Waals surface area (Å²) in [6.07, 6.45) is 0.348. The Labute approximate surface area is 84.0 Å². The number of hydrogen-bond acceptors (Lipinski definition) is 5. The number of carbonyl (C=O) groups is 1. The Morgan fingerprint density at radius 1 is 1.23 bits per heavy atom. The zero-order valence-corrected chi connectivity index (χ0v) is 8.72. The van der Waals surface area contributed by atoms with Crippen molar-refractivity contribution in [2.75, 3.05) is 39.3 Å². The van der Waals surface area contributed by atoms with Gasteiger partial charge in [0.15, 0.2) is 0 Å². The third-order valence-corrected chi connectivity index (χ3v) is 1.46. The molecule has 0 aromatic rings. The molecule has 0 N–H and O–H groups in total. The third-order valence-electron chi connectivity index (χ3n) is 1.24. The number of carbonyl (C=O) groups excluding carboxylic acids is 1. The van der Waals surface area contributed by atoms with Crippen LogP contribution in [0.15, 0.2) is 0 Å². The van der Waals surface area contributed by atoms with Crippen molar-refractivity contribution in [1.82, 2.24) is 0 Å². The van der Waals surface area contributed by atoms with Crippen LogP contribution in [0.1, 0.15) is 6.42 Å². The van der Waals surface area contributed by atoms with Gasteiger partial charge < -0.3 is 14.2 Å². The normalized spacial score (nSPS) is 10.0. The van der Waals surface area contributed by atoms with Crippen LogP contribution in [0.2, 0.25) is 0 Å². The molecule has 0 amide bonds. The van der Waals surface area contributed by atoms with Crippen molar-refractivity contribution in [3.63, 3.8) is 0 Å². The summed E-state index contributed by atoms with van der Waals surface area (Å²) >= 11 is 3.90. The molecule has 0 saturated carbocycles. The Hall–Kier alpha value is -0.260. The topological polar surface area (TPSA) is 44.8 Å². The van der Waals surface area contributed by atoms with E-state index >= 15 is 0 Å². The monoisotopic (exact) mass is 208 g/mol. The van der Waals surface area contributed by atoms with Gasteiger partial charge in [-0.15, -0.1) is 0 Å². The SMILES string of the molecule is COCCOCCOC(=O)CCS. The van der Waals surface area contributed by atoms with E-state index in [1.807, 2.05) is 0 Å². The summed E-state index contributed by atoms with van der Waals surface area (Å²) in [6, 6.07) is 0. The number of esters is 1. The molecule has 13 heavy (non-hydrogen) atoms. The molecule has 5 heteroatoms. The van der Waals surface area contributed by atoms with Crippen LogP contribution in [0.3, 0.4) is 0 Å². The highest BCUT2D eigenvalue weighted by Gasteiger charge is 1.99. The van der Waals surface area contributed by atoms with Gasteiger partial charge in [-0.1, -0.05) is 0 Å². The van der Waals surface area contributed by atoms with Crippen LogP contribution in [0.5, 0.6) is 0 Å². The summed E-state index contributed by atoms with van der Waals surface area (Å²) in [5, 5.41) is 0. The zero-order chi connectivity index (χ0) is 9.94. The van der Waals surface area contributed by atoms with Crippen LogP contribution in [0.25, 0.3) is 0 Å². The maximum Gasteiger partial charge on any atom is 0.306 e. The summed E-state index contributed by atoms with van der Waals surface area (Å²) in [5.74, 6) is 0.286. The van der Waals surface area contributed by atoms with E-state index in [4.69, 9.17) is 14.2 Å². The van der Waals surface area contributed by atoms with Crippen molar-refractivity contribution in [1.29, 1.82) is 0 Å². The summed E-state index contributed by atoms with van der Waals surface area (Å²) in [7, 11) is 1.61. The van der Waals surface area contributed by atoms with Crippen molar-refractivity contribution in [2.24, 2.45) is 0 Å². The second kappa shape index (κ2) is 9.83. The quantitative estimate of drug-likeness (QED) is 0.359. The molecule has 0 aromatic carbocycles. The number of methoxy groups -OCH3 is 1. The van der Waals surface area contributed by atoms with E-state index in [0.29, 0.717) is 38.6 Å². The minimum atomic E-state index is -0.231. The molecule has 4 nitrogen and oxygen atoms in total. The summed E-state index contributed by atoms with van der Waals surface area (Å²) in [4.78, 5) is 10.8. The van der Waals surface area contributed by atoms with Crippen molar-refractivity contribution in [2.45, 2.75) is 6.42 Å². The first-order chi connectivity index (χ1) is 6.31. The Balaban J connectivity index is 3.02. The summed E-state index contributed by atoms with van der Waals surface area (Å²) in [6.45, 7) is 1.81. The lowest BCUT2D eigenvalue weighted by Crippen LogP contribution is -2.12. The average molecular weight is 208 g/mol. The molecule has 0 fully saturated rings. The minimum Gasteiger partial charge on any atom is -0.463 e. The van der Waals surface area contributed by atoms with Crippen LogP contribution in [0.4, 0.5) is 0 Å². The lowest BCUT2D eigenvalue weighted by atomic mass is 10.5. The molecule has 0 unspecified atom stereocenters. The molecule has 0 aliphatic carbocycles. The number of rotatable bonds is 8. The number of thiol groups is 1. The largest absolute Gasteiger partial charge is 0.463 e. The van der Waals surface area contributed by atoms with Gasteiger partial charge >= 0.3 is 5.97 Å². The molecule has 0 aliphatic rings. The number of hydrogen-bond donors (Lipinski definition) is 1. The van der Waals surface area contributed by atoms with E-state index in [1.165, 1.54) is 0 Å². The van der Waals surface area contributed by atoms with Gasteiger partial charge in [-0.05, 0) is 0 Å². The first-order valence-corrected chi connectivity index (χ1v) is 4.77. The van der Waals surface area contributed by atoms with Crippen molar-refractivity contribution in [3.8, 4) is 0 Å². The maximum atomic E-state index is 10.8. The summed E-state index contributed by atoms with van der Waals surface area (Å²) in [5.41, 5.74) is 0. The van der Waals surface area contributed by atoms with Gasteiger partial charge in [0.2, 0.25) is 0 Å². The fourth-order valence-electron chi connectivity index (χ4n) is 0.622. The minimum absolute atomic E-state index is 0.231. The van der Waals surface area contributed by atoms with Gasteiger partial charge in [0.05, 0.1) is 26.2 Å². The standard InChI is InChI=1S/C8H16O4S/c1-10-3-4-11-5-6-12-8(9)2-7-13/h13H,2-7H2,1H3. The lowest BCUT2D eigenvalue weighted by molar-refractivity contribution is -0.144. The molecule has 0 atom stereocenters. The van der Waals surface area contributed by atoms with Crippen LogP contribution in [-0.4, -0.2) is 45.3 Å². The fraction of sp³-hybridized carbons (Fsp3) is 0.875. The van der Waals surface area contributed by atoms with E-state index in [0.717, 1.165) is 0 Å². The van der Waals surface area contributed by atoms with Gasteiger partial charge in [0, 0.05) is 12.9 Å². The van der Waals surface area contributed by atoms with Gasteiger partial charge in [0.1, 0.15) is 6.61 Å². The second-order valence-corrected chi connectivity index (χ2v) is 2.75.